The van der Waals surface area contributed by atoms with Crippen LogP contribution in [0, 0.1) is 0 Å². The van der Waals surface area contributed by atoms with Crippen molar-refractivity contribution in [2.75, 3.05) is 25.6 Å². The summed E-state index contributed by atoms with van der Waals surface area (Å²) in [6, 6.07) is 0. The number of carbonyl (C=O) groups is 1. The van der Waals surface area contributed by atoms with Crippen molar-refractivity contribution in [1.82, 2.24) is 14.3 Å². The highest BCUT2D eigenvalue weighted by molar-refractivity contribution is 5.69. The zero-order valence-electron chi connectivity index (χ0n) is 10.8. The molecule has 100 valence electrons. The van der Waals surface area contributed by atoms with Crippen LogP contribution in [0.25, 0.3) is 0 Å². The van der Waals surface area contributed by atoms with Crippen LogP contribution in [0.1, 0.15) is 6.42 Å². The van der Waals surface area contributed by atoms with E-state index in [2.05, 4.69) is 9.84 Å². The topological polar surface area (TPSA) is 86.4 Å². The number of methoxy groups -OCH3 is 1. The lowest BCUT2D eigenvalue weighted by atomic mass is 10.4. The van der Waals surface area contributed by atoms with Gasteiger partial charge < -0.3 is 9.64 Å². The van der Waals surface area contributed by atoms with E-state index in [1.54, 1.807) is 7.05 Å². The number of aromatic nitrogens is 3. The number of ether oxygens (including phenoxy) is 1. The average molecular weight is 256 g/mol. The Labute approximate surface area is 103 Å². The van der Waals surface area contributed by atoms with Gasteiger partial charge in [0.25, 0.3) is 5.56 Å². The molecule has 0 amide bonds. The van der Waals surface area contributed by atoms with Gasteiger partial charge in [-0.25, -0.2) is 9.48 Å². The molecule has 0 N–H and O–H groups in total. The predicted octanol–water partition coefficient (Wildman–Crippen LogP) is -1.52. The highest BCUT2D eigenvalue weighted by atomic mass is 16.5. The molecule has 0 saturated heterocycles. The molecule has 0 atom stereocenters. The fourth-order valence-corrected chi connectivity index (χ4v) is 1.39. The molecule has 0 fully saturated rings. The highest BCUT2D eigenvalue weighted by Gasteiger charge is 2.14. The molecular formula is C10H16N4O4. The van der Waals surface area contributed by atoms with Crippen LogP contribution in [0.5, 0.6) is 0 Å². The Hall–Kier alpha value is -2.12. The van der Waals surface area contributed by atoms with Crippen molar-refractivity contribution in [2.45, 2.75) is 6.42 Å². The lowest BCUT2D eigenvalue weighted by Gasteiger charge is -2.17. The summed E-state index contributed by atoms with van der Waals surface area (Å²) < 4.78 is 6.55. The third-order valence-electron chi connectivity index (χ3n) is 2.54. The van der Waals surface area contributed by atoms with Crippen LogP contribution in [0.4, 0.5) is 5.82 Å². The van der Waals surface area contributed by atoms with Gasteiger partial charge in [-0.3, -0.25) is 14.2 Å². The quantitative estimate of drug-likeness (QED) is 0.608. The summed E-state index contributed by atoms with van der Waals surface area (Å²) >= 11 is 0. The van der Waals surface area contributed by atoms with E-state index in [4.69, 9.17) is 0 Å². The fraction of sp³-hybridized carbons (Fsp3) is 0.600. The number of carbonyl (C=O) groups excluding carboxylic acids is 1. The first-order valence-electron chi connectivity index (χ1n) is 5.30. The SMILES string of the molecule is COC(=O)CCN(C)c1nn(C)c(=O)n(C)c1=O. The molecule has 0 aromatic carbocycles. The molecule has 0 unspecified atom stereocenters. The van der Waals surface area contributed by atoms with Crippen molar-refractivity contribution in [2.24, 2.45) is 14.1 Å². The van der Waals surface area contributed by atoms with Crippen LogP contribution < -0.4 is 16.1 Å². The van der Waals surface area contributed by atoms with Gasteiger partial charge in [0.2, 0.25) is 5.82 Å². The highest BCUT2D eigenvalue weighted by Crippen LogP contribution is 2.00. The Morgan fingerprint density at radius 1 is 1.39 bits per heavy atom. The Kier molecular flexibility index (Phi) is 4.24. The number of aryl methyl sites for hydroxylation is 1. The summed E-state index contributed by atoms with van der Waals surface area (Å²) in [5.74, 6) is -0.257. The van der Waals surface area contributed by atoms with Crippen molar-refractivity contribution in [1.29, 1.82) is 0 Å². The maximum absolute atomic E-state index is 11.8. The molecule has 0 aliphatic heterocycles. The summed E-state index contributed by atoms with van der Waals surface area (Å²) in [4.78, 5) is 35.8. The molecule has 1 aromatic rings. The minimum Gasteiger partial charge on any atom is -0.469 e. The van der Waals surface area contributed by atoms with Gasteiger partial charge in [0, 0.05) is 27.7 Å². The molecule has 1 aromatic heterocycles. The van der Waals surface area contributed by atoms with Gasteiger partial charge in [-0.05, 0) is 0 Å². The van der Waals surface area contributed by atoms with Crippen LogP contribution in [0.3, 0.4) is 0 Å². The molecule has 0 aliphatic carbocycles. The maximum atomic E-state index is 11.8. The van der Waals surface area contributed by atoms with Crippen molar-refractivity contribution in [3.8, 4) is 0 Å². The normalized spacial score (nSPS) is 10.2. The first-order valence-corrected chi connectivity index (χ1v) is 5.30. The van der Waals surface area contributed by atoms with E-state index >= 15 is 0 Å². The van der Waals surface area contributed by atoms with Crippen molar-refractivity contribution < 1.29 is 9.53 Å². The molecule has 0 spiro atoms. The van der Waals surface area contributed by atoms with E-state index in [0.29, 0.717) is 0 Å². The molecule has 18 heavy (non-hydrogen) atoms. The van der Waals surface area contributed by atoms with Gasteiger partial charge in [0.05, 0.1) is 13.5 Å². The lowest BCUT2D eigenvalue weighted by molar-refractivity contribution is -0.140. The Morgan fingerprint density at radius 3 is 2.56 bits per heavy atom. The largest absolute Gasteiger partial charge is 0.469 e. The number of nitrogens with zero attached hydrogens (tertiary/aromatic N) is 4. The Balaban J connectivity index is 3.00. The number of hydrogen-bond acceptors (Lipinski definition) is 6. The van der Waals surface area contributed by atoms with Gasteiger partial charge in [-0.1, -0.05) is 0 Å². The second-order valence-electron chi connectivity index (χ2n) is 3.84. The third-order valence-corrected chi connectivity index (χ3v) is 2.54. The molecule has 1 rings (SSSR count). The van der Waals surface area contributed by atoms with E-state index in [0.717, 1.165) is 9.25 Å². The van der Waals surface area contributed by atoms with E-state index in [9.17, 15) is 14.4 Å². The number of anilines is 1. The first kappa shape index (κ1) is 13.9. The smallest absolute Gasteiger partial charge is 0.346 e. The monoisotopic (exact) mass is 256 g/mol. The van der Waals surface area contributed by atoms with Crippen molar-refractivity contribution >= 4 is 11.8 Å². The van der Waals surface area contributed by atoms with E-state index < -0.39 is 11.2 Å². The van der Waals surface area contributed by atoms with Gasteiger partial charge in [0.1, 0.15) is 0 Å². The van der Waals surface area contributed by atoms with E-state index in [-0.39, 0.29) is 24.8 Å². The van der Waals surface area contributed by atoms with Crippen LogP contribution in [0.2, 0.25) is 0 Å². The molecule has 1 heterocycles. The molecule has 8 nitrogen and oxygen atoms in total. The lowest BCUT2D eigenvalue weighted by Crippen LogP contribution is -2.42. The zero-order chi connectivity index (χ0) is 13.9. The summed E-state index contributed by atoms with van der Waals surface area (Å²) in [6.07, 6.45) is 0.140. The van der Waals surface area contributed by atoms with Gasteiger partial charge in [0.15, 0.2) is 0 Å². The number of esters is 1. The Bertz CT molecular complexity index is 560. The molecule has 8 heteroatoms. The summed E-state index contributed by atoms with van der Waals surface area (Å²) in [7, 11) is 5.76. The van der Waals surface area contributed by atoms with Gasteiger partial charge in [-0.15, -0.1) is 5.10 Å². The zero-order valence-corrected chi connectivity index (χ0v) is 10.8. The summed E-state index contributed by atoms with van der Waals surface area (Å²) in [6.45, 7) is 0.285. The summed E-state index contributed by atoms with van der Waals surface area (Å²) in [5.41, 5.74) is -0.990. The van der Waals surface area contributed by atoms with Crippen LogP contribution in [-0.2, 0) is 23.6 Å². The Morgan fingerprint density at radius 2 is 2.00 bits per heavy atom. The molecule has 0 bridgehead atoms. The second-order valence-corrected chi connectivity index (χ2v) is 3.84. The number of hydrogen-bond donors (Lipinski definition) is 0. The van der Waals surface area contributed by atoms with Crippen LogP contribution >= 0.6 is 0 Å². The molecular weight excluding hydrogens is 240 g/mol. The van der Waals surface area contributed by atoms with Crippen LogP contribution in [-0.4, -0.2) is 41.0 Å². The molecule has 0 radical (unpaired) electrons. The number of rotatable bonds is 4. The van der Waals surface area contributed by atoms with Crippen LogP contribution in [0.15, 0.2) is 9.59 Å². The van der Waals surface area contributed by atoms with Crippen molar-refractivity contribution in [3.05, 3.63) is 20.8 Å². The van der Waals surface area contributed by atoms with Gasteiger partial charge >= 0.3 is 11.7 Å². The van der Waals surface area contributed by atoms with E-state index in [1.807, 2.05) is 0 Å². The third kappa shape index (κ3) is 2.76. The maximum Gasteiger partial charge on any atom is 0.346 e. The molecule has 0 aliphatic rings. The minimum atomic E-state index is -0.495. The second kappa shape index (κ2) is 5.48. The standard InChI is InChI=1S/C10H16N4O4/c1-12(6-5-7(15)18-4)8-9(16)13(2)10(17)14(3)11-8/h5-6H2,1-4H3. The summed E-state index contributed by atoms with van der Waals surface area (Å²) in [5, 5.41) is 3.88. The van der Waals surface area contributed by atoms with E-state index in [1.165, 1.54) is 26.1 Å². The molecule has 0 saturated carbocycles. The fourth-order valence-electron chi connectivity index (χ4n) is 1.39. The van der Waals surface area contributed by atoms with Gasteiger partial charge in [-0.2, -0.15) is 0 Å². The average Bonchev–Trinajstić information content (AvgIpc) is 2.37. The predicted molar refractivity (Wildman–Crippen MR) is 64.6 cm³/mol. The first-order chi connectivity index (χ1) is 8.38. The van der Waals surface area contributed by atoms with Crippen molar-refractivity contribution in [3.63, 3.8) is 0 Å². The minimum absolute atomic E-state index is 0.114.